The molecule has 0 saturated carbocycles. The molecule has 2 aromatic carbocycles. The Bertz CT molecular complexity index is 615. The zero-order chi connectivity index (χ0) is 13.4. The number of rotatable bonds is 1. The lowest BCUT2D eigenvalue weighted by Gasteiger charge is -2.30. The molecule has 1 heterocycles. The molecule has 3 rings (SSSR count). The molecule has 0 saturated heterocycles. The lowest BCUT2D eigenvalue weighted by Crippen LogP contribution is -2.24. The standard InChI is InChI=1S/C15H14FNO2/c16-10-4-5-12-13(17)8-14(19-15(12)7-10)9-2-1-3-11(18)6-9/h1-7,13-14,18H,8,17H2/t13-,14?/m1/s1. The number of halogens is 1. The zero-order valence-corrected chi connectivity index (χ0v) is 10.2. The third-order valence-corrected chi connectivity index (χ3v) is 3.35. The molecule has 0 spiro atoms. The second-order valence-corrected chi connectivity index (χ2v) is 4.73. The largest absolute Gasteiger partial charge is 0.508 e. The van der Waals surface area contributed by atoms with Crippen molar-refractivity contribution in [3.05, 3.63) is 59.4 Å². The van der Waals surface area contributed by atoms with Crippen LogP contribution >= 0.6 is 0 Å². The van der Waals surface area contributed by atoms with Gasteiger partial charge in [-0.3, -0.25) is 0 Å². The molecule has 2 aromatic rings. The van der Waals surface area contributed by atoms with Crippen LogP contribution < -0.4 is 10.5 Å². The topological polar surface area (TPSA) is 55.5 Å². The number of phenolic OH excluding ortho intramolecular Hbond substituents is 1. The molecular formula is C15H14FNO2. The average molecular weight is 259 g/mol. The normalized spacial score (nSPS) is 21.6. The van der Waals surface area contributed by atoms with Crippen molar-refractivity contribution >= 4 is 0 Å². The number of nitrogens with two attached hydrogens (primary N) is 1. The average Bonchev–Trinajstić information content (AvgIpc) is 2.38. The first kappa shape index (κ1) is 12.0. The molecule has 98 valence electrons. The number of fused-ring (bicyclic) bond motifs is 1. The molecule has 0 amide bonds. The van der Waals surface area contributed by atoms with E-state index in [1.807, 2.05) is 6.07 Å². The van der Waals surface area contributed by atoms with Crippen molar-refractivity contribution in [2.45, 2.75) is 18.6 Å². The lowest BCUT2D eigenvalue weighted by atomic mass is 9.93. The molecule has 1 unspecified atom stereocenters. The van der Waals surface area contributed by atoms with Gasteiger partial charge >= 0.3 is 0 Å². The van der Waals surface area contributed by atoms with Crippen LogP contribution in [0.5, 0.6) is 11.5 Å². The van der Waals surface area contributed by atoms with Crippen LogP contribution in [0.15, 0.2) is 42.5 Å². The molecule has 0 bridgehead atoms. The molecule has 4 heteroatoms. The molecule has 1 aliphatic heterocycles. The van der Waals surface area contributed by atoms with Gasteiger partial charge in [0, 0.05) is 24.1 Å². The van der Waals surface area contributed by atoms with Gasteiger partial charge in [-0.1, -0.05) is 18.2 Å². The third kappa shape index (κ3) is 2.27. The minimum Gasteiger partial charge on any atom is -0.508 e. The molecule has 0 aromatic heterocycles. The minimum absolute atomic E-state index is 0.180. The van der Waals surface area contributed by atoms with E-state index in [4.69, 9.17) is 10.5 Å². The van der Waals surface area contributed by atoms with Crippen LogP contribution in [-0.2, 0) is 0 Å². The van der Waals surface area contributed by atoms with Gasteiger partial charge in [-0.15, -0.1) is 0 Å². The Kier molecular flexibility index (Phi) is 2.87. The fraction of sp³-hybridized carbons (Fsp3) is 0.200. The van der Waals surface area contributed by atoms with Crippen molar-refractivity contribution in [2.24, 2.45) is 5.73 Å². The Morgan fingerprint density at radius 3 is 2.84 bits per heavy atom. The molecule has 19 heavy (non-hydrogen) atoms. The highest BCUT2D eigenvalue weighted by molar-refractivity contribution is 5.40. The maximum atomic E-state index is 13.3. The second kappa shape index (κ2) is 4.55. The van der Waals surface area contributed by atoms with E-state index >= 15 is 0 Å². The highest BCUT2D eigenvalue weighted by Gasteiger charge is 2.27. The summed E-state index contributed by atoms with van der Waals surface area (Å²) in [5, 5.41) is 9.50. The molecular weight excluding hydrogens is 245 g/mol. The third-order valence-electron chi connectivity index (χ3n) is 3.35. The monoisotopic (exact) mass is 259 g/mol. The van der Waals surface area contributed by atoms with Crippen molar-refractivity contribution in [3.8, 4) is 11.5 Å². The van der Waals surface area contributed by atoms with Crippen LogP contribution in [0.1, 0.15) is 29.7 Å². The molecule has 2 atom stereocenters. The van der Waals surface area contributed by atoms with E-state index in [2.05, 4.69) is 0 Å². The minimum atomic E-state index is -0.345. The van der Waals surface area contributed by atoms with E-state index < -0.39 is 0 Å². The summed E-state index contributed by atoms with van der Waals surface area (Å²) in [6.07, 6.45) is 0.332. The summed E-state index contributed by atoms with van der Waals surface area (Å²) in [4.78, 5) is 0. The molecule has 0 aliphatic carbocycles. The Hall–Kier alpha value is -2.07. The van der Waals surface area contributed by atoms with Crippen LogP contribution in [0.25, 0.3) is 0 Å². The quantitative estimate of drug-likeness (QED) is 0.827. The first-order valence-electron chi connectivity index (χ1n) is 6.14. The number of hydrogen-bond donors (Lipinski definition) is 2. The van der Waals surface area contributed by atoms with Gasteiger partial charge in [0.05, 0.1) is 0 Å². The molecule has 0 fully saturated rings. The second-order valence-electron chi connectivity index (χ2n) is 4.73. The van der Waals surface area contributed by atoms with E-state index in [9.17, 15) is 9.50 Å². The Balaban J connectivity index is 1.96. The van der Waals surface area contributed by atoms with Crippen LogP contribution in [0.2, 0.25) is 0 Å². The van der Waals surface area contributed by atoms with Crippen LogP contribution in [0.4, 0.5) is 4.39 Å². The summed E-state index contributed by atoms with van der Waals surface area (Å²) in [6.45, 7) is 0. The number of ether oxygens (including phenoxy) is 1. The molecule has 1 aliphatic rings. The van der Waals surface area contributed by atoms with Crippen molar-refractivity contribution in [3.63, 3.8) is 0 Å². The van der Waals surface area contributed by atoms with Crippen molar-refractivity contribution in [1.82, 2.24) is 0 Å². The summed E-state index contributed by atoms with van der Waals surface area (Å²) in [5.74, 6) is 0.314. The summed E-state index contributed by atoms with van der Waals surface area (Å²) in [6, 6.07) is 11.1. The number of aromatic hydroxyl groups is 1. The van der Waals surface area contributed by atoms with Crippen molar-refractivity contribution in [1.29, 1.82) is 0 Å². The van der Waals surface area contributed by atoms with Crippen LogP contribution in [-0.4, -0.2) is 5.11 Å². The predicted octanol–water partition coefficient (Wildman–Crippen LogP) is 3.05. The van der Waals surface area contributed by atoms with E-state index in [-0.39, 0.29) is 23.7 Å². The highest BCUT2D eigenvalue weighted by Crippen LogP contribution is 2.40. The Morgan fingerprint density at radius 1 is 1.21 bits per heavy atom. The van der Waals surface area contributed by atoms with Crippen LogP contribution in [0, 0.1) is 5.82 Å². The highest BCUT2D eigenvalue weighted by atomic mass is 19.1. The zero-order valence-electron chi connectivity index (χ0n) is 10.2. The summed E-state index contributed by atoms with van der Waals surface area (Å²) < 4.78 is 19.0. The van der Waals surface area contributed by atoms with Crippen molar-refractivity contribution in [2.75, 3.05) is 0 Å². The van der Waals surface area contributed by atoms with Gasteiger partial charge in [-0.25, -0.2) is 4.39 Å². The summed E-state index contributed by atoms with van der Waals surface area (Å²) >= 11 is 0. The summed E-state index contributed by atoms with van der Waals surface area (Å²) in [5.41, 5.74) is 7.75. The van der Waals surface area contributed by atoms with Gasteiger partial charge in [0.15, 0.2) is 0 Å². The number of benzene rings is 2. The van der Waals surface area contributed by atoms with Gasteiger partial charge in [0.1, 0.15) is 23.4 Å². The Morgan fingerprint density at radius 2 is 2.05 bits per heavy atom. The Labute approximate surface area is 110 Å². The van der Waals surface area contributed by atoms with E-state index in [1.54, 1.807) is 24.3 Å². The molecule has 3 N–H and O–H groups in total. The summed E-state index contributed by atoms with van der Waals surface area (Å²) in [7, 11) is 0. The number of hydrogen-bond acceptors (Lipinski definition) is 3. The lowest BCUT2D eigenvalue weighted by molar-refractivity contribution is 0.160. The smallest absolute Gasteiger partial charge is 0.127 e. The van der Waals surface area contributed by atoms with Crippen LogP contribution in [0.3, 0.4) is 0 Å². The van der Waals surface area contributed by atoms with E-state index in [1.165, 1.54) is 12.1 Å². The molecule has 3 nitrogen and oxygen atoms in total. The fourth-order valence-electron chi connectivity index (χ4n) is 2.40. The van der Waals surface area contributed by atoms with E-state index in [0.29, 0.717) is 12.2 Å². The van der Waals surface area contributed by atoms with Gasteiger partial charge < -0.3 is 15.6 Å². The van der Waals surface area contributed by atoms with E-state index in [0.717, 1.165) is 11.1 Å². The first-order valence-corrected chi connectivity index (χ1v) is 6.14. The fourth-order valence-corrected chi connectivity index (χ4v) is 2.40. The van der Waals surface area contributed by atoms with Crippen molar-refractivity contribution < 1.29 is 14.2 Å². The number of phenols is 1. The van der Waals surface area contributed by atoms with Gasteiger partial charge in [-0.2, -0.15) is 0 Å². The maximum Gasteiger partial charge on any atom is 0.127 e. The maximum absolute atomic E-state index is 13.3. The van der Waals surface area contributed by atoms with Gasteiger partial charge in [0.25, 0.3) is 0 Å². The molecule has 0 radical (unpaired) electrons. The predicted molar refractivity (Wildman–Crippen MR) is 69.4 cm³/mol. The van der Waals surface area contributed by atoms with Gasteiger partial charge in [0.2, 0.25) is 0 Å². The SMILES string of the molecule is N[C@@H]1CC(c2cccc(O)c2)Oc2cc(F)ccc21. The van der Waals surface area contributed by atoms with Gasteiger partial charge in [-0.05, 0) is 23.8 Å². The first-order chi connectivity index (χ1) is 9.13.